The highest BCUT2D eigenvalue weighted by Crippen LogP contribution is 2.13. The summed E-state index contributed by atoms with van der Waals surface area (Å²) in [5, 5.41) is 0. The molecule has 1 rings (SSSR count). The maximum Gasteiger partial charge on any atom is 0.309 e. The molecule has 0 heterocycles. The molecule has 5 heteroatoms. The summed E-state index contributed by atoms with van der Waals surface area (Å²) in [5.74, 6) is -0.324. The lowest BCUT2D eigenvalue weighted by molar-refractivity contribution is 0.484. The third-order valence-corrected chi connectivity index (χ3v) is 2.85. The molecule has 78 valence electrons. The molecule has 0 radical (unpaired) electrons. The van der Waals surface area contributed by atoms with Crippen molar-refractivity contribution >= 4 is 10.1 Å². The molecule has 1 aromatic carbocycles. The van der Waals surface area contributed by atoms with Crippen molar-refractivity contribution in [1.29, 1.82) is 0 Å². The molecule has 3 nitrogen and oxygen atoms in total. The van der Waals surface area contributed by atoms with Gasteiger partial charge in [0.1, 0.15) is 11.6 Å². The minimum atomic E-state index is -3.52. The van der Waals surface area contributed by atoms with E-state index >= 15 is 0 Å². The van der Waals surface area contributed by atoms with Gasteiger partial charge in [0.15, 0.2) is 0 Å². The quantitative estimate of drug-likeness (QED) is 0.725. The maximum absolute atomic E-state index is 12.5. The number of rotatable bonds is 4. The van der Waals surface area contributed by atoms with Gasteiger partial charge in [0, 0.05) is 0 Å². The largest absolute Gasteiger partial charge is 0.382 e. The van der Waals surface area contributed by atoms with E-state index in [1.165, 1.54) is 12.1 Å². The molecule has 0 aromatic heterocycles. The fourth-order valence-corrected chi connectivity index (χ4v) is 1.92. The van der Waals surface area contributed by atoms with Gasteiger partial charge in [0.25, 0.3) is 0 Å². The molecule has 0 spiro atoms. The average Bonchev–Trinajstić information content (AvgIpc) is 2.08. The molecule has 0 aliphatic rings. The Morgan fingerprint density at radius 2 is 1.86 bits per heavy atom. The number of benzene rings is 1. The molecule has 1 aromatic rings. The number of halogens is 1. The Balaban J connectivity index is 2.74. The van der Waals surface area contributed by atoms with E-state index in [9.17, 15) is 12.8 Å². The summed E-state index contributed by atoms with van der Waals surface area (Å²) in [5.41, 5.74) is 0. The Bertz CT molecular complexity index is 383. The summed E-state index contributed by atoms with van der Waals surface area (Å²) in [4.78, 5) is 0. The van der Waals surface area contributed by atoms with Crippen LogP contribution in [-0.4, -0.2) is 14.2 Å². The van der Waals surface area contributed by atoms with Crippen LogP contribution in [0, 0.1) is 5.82 Å². The molecule has 0 bridgehead atoms. The van der Waals surface area contributed by atoms with Crippen molar-refractivity contribution in [1.82, 2.24) is 0 Å². The molecule has 0 amide bonds. The summed E-state index contributed by atoms with van der Waals surface area (Å²) >= 11 is 0. The molecule has 0 saturated carbocycles. The average molecular weight is 218 g/mol. The fraction of sp³-hybridized carbons (Fsp3) is 0.333. The van der Waals surface area contributed by atoms with Crippen LogP contribution in [0.4, 0.5) is 4.39 Å². The van der Waals surface area contributed by atoms with Crippen molar-refractivity contribution in [3.05, 3.63) is 30.1 Å². The highest BCUT2D eigenvalue weighted by molar-refractivity contribution is 7.87. The second-order valence-corrected chi connectivity index (χ2v) is 4.49. The molecule has 0 unspecified atom stereocenters. The van der Waals surface area contributed by atoms with Gasteiger partial charge >= 0.3 is 10.1 Å². The minimum absolute atomic E-state index is 0.0373. The normalized spacial score (nSPS) is 11.3. The van der Waals surface area contributed by atoms with Gasteiger partial charge < -0.3 is 4.18 Å². The Hall–Kier alpha value is -1.10. The van der Waals surface area contributed by atoms with Crippen molar-refractivity contribution in [3.63, 3.8) is 0 Å². The first kappa shape index (κ1) is 11.0. The van der Waals surface area contributed by atoms with Crippen LogP contribution in [-0.2, 0) is 10.1 Å². The van der Waals surface area contributed by atoms with Gasteiger partial charge in [-0.1, -0.05) is 6.92 Å². The zero-order valence-corrected chi connectivity index (χ0v) is 8.55. The lowest BCUT2D eigenvalue weighted by atomic mass is 10.3. The van der Waals surface area contributed by atoms with Gasteiger partial charge in [-0.05, 0) is 30.7 Å². The van der Waals surface area contributed by atoms with Crippen molar-refractivity contribution in [2.75, 3.05) is 5.75 Å². The summed E-state index contributed by atoms with van der Waals surface area (Å²) in [6.45, 7) is 1.74. The third kappa shape index (κ3) is 3.33. The van der Waals surface area contributed by atoms with Gasteiger partial charge in [0.05, 0.1) is 5.75 Å². The standard InChI is InChI=1S/C9H11FO3S/c1-2-7-14(11,12)13-9-5-3-8(10)4-6-9/h3-6H,2,7H2,1H3. The fourth-order valence-electron chi connectivity index (χ4n) is 0.928. The highest BCUT2D eigenvalue weighted by atomic mass is 32.2. The van der Waals surface area contributed by atoms with Crippen LogP contribution in [0.5, 0.6) is 5.75 Å². The predicted molar refractivity (Wildman–Crippen MR) is 51.1 cm³/mol. The van der Waals surface area contributed by atoms with E-state index < -0.39 is 15.9 Å². The minimum Gasteiger partial charge on any atom is -0.382 e. The van der Waals surface area contributed by atoms with Crippen LogP contribution >= 0.6 is 0 Å². The molecule has 0 fully saturated rings. The lowest BCUT2D eigenvalue weighted by Gasteiger charge is -2.04. The molecular formula is C9H11FO3S. The van der Waals surface area contributed by atoms with E-state index in [-0.39, 0.29) is 11.5 Å². The SMILES string of the molecule is CCCS(=O)(=O)Oc1ccc(F)cc1. The Morgan fingerprint density at radius 1 is 1.29 bits per heavy atom. The van der Waals surface area contributed by atoms with Crippen LogP contribution in [0.1, 0.15) is 13.3 Å². The number of hydrogen-bond acceptors (Lipinski definition) is 3. The second-order valence-electron chi connectivity index (χ2n) is 2.80. The van der Waals surface area contributed by atoms with Gasteiger partial charge in [-0.2, -0.15) is 8.42 Å². The van der Waals surface area contributed by atoms with Crippen LogP contribution in [0.2, 0.25) is 0 Å². The van der Waals surface area contributed by atoms with Crippen molar-refractivity contribution < 1.29 is 17.0 Å². The monoisotopic (exact) mass is 218 g/mol. The summed E-state index contributed by atoms with van der Waals surface area (Å²) < 4.78 is 39.5. The Labute approximate surface area is 82.6 Å². The van der Waals surface area contributed by atoms with Gasteiger partial charge in [-0.25, -0.2) is 4.39 Å². The molecule has 0 aliphatic heterocycles. The van der Waals surface area contributed by atoms with E-state index in [2.05, 4.69) is 0 Å². The molecule has 0 N–H and O–H groups in total. The van der Waals surface area contributed by atoms with Crippen LogP contribution in [0.25, 0.3) is 0 Å². The second kappa shape index (κ2) is 4.41. The van der Waals surface area contributed by atoms with Gasteiger partial charge in [0.2, 0.25) is 0 Å². The van der Waals surface area contributed by atoms with E-state index in [1.807, 2.05) is 0 Å². The van der Waals surface area contributed by atoms with E-state index in [4.69, 9.17) is 4.18 Å². The zero-order valence-electron chi connectivity index (χ0n) is 7.73. The van der Waals surface area contributed by atoms with Gasteiger partial charge in [-0.15, -0.1) is 0 Å². The van der Waals surface area contributed by atoms with E-state index in [0.29, 0.717) is 6.42 Å². The zero-order chi connectivity index (χ0) is 10.6. The first-order valence-corrected chi connectivity index (χ1v) is 5.79. The van der Waals surface area contributed by atoms with E-state index in [0.717, 1.165) is 12.1 Å². The Kier molecular flexibility index (Phi) is 3.46. The van der Waals surface area contributed by atoms with Crippen LogP contribution in [0.15, 0.2) is 24.3 Å². The summed E-state index contributed by atoms with van der Waals surface area (Å²) in [7, 11) is -3.52. The van der Waals surface area contributed by atoms with Gasteiger partial charge in [-0.3, -0.25) is 0 Å². The summed E-state index contributed by atoms with van der Waals surface area (Å²) in [6, 6.07) is 4.86. The van der Waals surface area contributed by atoms with Crippen LogP contribution in [0.3, 0.4) is 0 Å². The third-order valence-electron chi connectivity index (χ3n) is 1.49. The Morgan fingerprint density at radius 3 is 2.36 bits per heavy atom. The number of hydrogen-bond donors (Lipinski definition) is 0. The van der Waals surface area contributed by atoms with Crippen LogP contribution < -0.4 is 4.18 Å². The molecule has 0 aliphatic carbocycles. The predicted octanol–water partition coefficient (Wildman–Crippen LogP) is 1.94. The molecule has 14 heavy (non-hydrogen) atoms. The molecule has 0 atom stereocenters. The summed E-state index contributed by atoms with van der Waals surface area (Å²) in [6.07, 6.45) is 0.490. The van der Waals surface area contributed by atoms with Crippen molar-refractivity contribution in [3.8, 4) is 5.75 Å². The first-order valence-electron chi connectivity index (χ1n) is 4.21. The highest BCUT2D eigenvalue weighted by Gasteiger charge is 2.10. The van der Waals surface area contributed by atoms with Crippen molar-refractivity contribution in [2.45, 2.75) is 13.3 Å². The molecule has 0 saturated heterocycles. The first-order chi connectivity index (χ1) is 6.53. The molecular weight excluding hydrogens is 207 g/mol. The lowest BCUT2D eigenvalue weighted by Crippen LogP contribution is -2.12. The smallest absolute Gasteiger partial charge is 0.309 e. The maximum atomic E-state index is 12.5. The topological polar surface area (TPSA) is 43.4 Å². The van der Waals surface area contributed by atoms with Crippen molar-refractivity contribution in [2.24, 2.45) is 0 Å². The van der Waals surface area contributed by atoms with E-state index in [1.54, 1.807) is 6.92 Å².